The summed E-state index contributed by atoms with van der Waals surface area (Å²) in [5.41, 5.74) is 1.48. The molecule has 1 aromatic rings. The minimum Gasteiger partial charge on any atom is -0.483 e. The Labute approximate surface area is 91.9 Å². The van der Waals surface area contributed by atoms with Crippen LogP contribution in [0.15, 0.2) is 30.3 Å². The van der Waals surface area contributed by atoms with Crippen LogP contribution in [0.5, 0.6) is 0 Å². The molecule has 0 aliphatic heterocycles. The van der Waals surface area contributed by atoms with Crippen molar-refractivity contribution in [2.24, 2.45) is 0 Å². The molecule has 0 atom stereocenters. The molecule has 15 heavy (non-hydrogen) atoms. The van der Waals surface area contributed by atoms with Crippen LogP contribution in [0, 0.1) is 0 Å². The lowest BCUT2D eigenvalue weighted by molar-refractivity contribution is -0.122. The van der Waals surface area contributed by atoms with Crippen molar-refractivity contribution in [1.29, 1.82) is 0 Å². The molecule has 0 radical (unpaired) electrons. The highest BCUT2D eigenvalue weighted by atomic mass is 16.3. The van der Waals surface area contributed by atoms with E-state index in [4.69, 9.17) is 9.90 Å². The summed E-state index contributed by atoms with van der Waals surface area (Å²) >= 11 is 0. The van der Waals surface area contributed by atoms with Crippen LogP contribution in [0.3, 0.4) is 0 Å². The van der Waals surface area contributed by atoms with Crippen LogP contribution in [-0.4, -0.2) is 11.6 Å². The fraction of sp³-hybridized carbons (Fsp3) is 0.462. The van der Waals surface area contributed by atoms with Gasteiger partial charge in [-0.25, -0.2) is 0 Å². The second-order valence-corrected chi connectivity index (χ2v) is 3.40. The Bertz CT molecular complexity index is 232. The standard InChI is InChI=1S/C12H18.CH2O2/c1-2-3-4-6-9-12-10-7-5-8-11-12;2-1-3/h5,7-8,10-11H,2-4,6,9H2,1H3;1H,(H,2,3). The summed E-state index contributed by atoms with van der Waals surface area (Å²) in [4.78, 5) is 8.36. The third-order valence-corrected chi connectivity index (χ3v) is 2.16. The van der Waals surface area contributed by atoms with E-state index in [0.29, 0.717) is 0 Å². The first-order chi connectivity index (χ1) is 7.35. The molecule has 0 amide bonds. The number of carboxylic acid groups (broad SMARTS) is 1. The number of aryl methyl sites for hydroxylation is 1. The monoisotopic (exact) mass is 208 g/mol. The zero-order valence-electron chi connectivity index (χ0n) is 9.36. The maximum Gasteiger partial charge on any atom is 0.290 e. The second-order valence-electron chi connectivity index (χ2n) is 3.40. The van der Waals surface area contributed by atoms with Gasteiger partial charge in [0.25, 0.3) is 6.47 Å². The van der Waals surface area contributed by atoms with E-state index < -0.39 is 0 Å². The first kappa shape index (κ1) is 13.7. The number of hydrogen-bond donors (Lipinski definition) is 1. The summed E-state index contributed by atoms with van der Waals surface area (Å²) in [5, 5.41) is 6.89. The molecule has 2 heteroatoms. The third-order valence-electron chi connectivity index (χ3n) is 2.16. The van der Waals surface area contributed by atoms with Gasteiger partial charge in [0.1, 0.15) is 0 Å². The average molecular weight is 208 g/mol. The number of benzene rings is 1. The Kier molecular flexibility index (Phi) is 9.83. The molecule has 0 bridgehead atoms. The van der Waals surface area contributed by atoms with E-state index in [-0.39, 0.29) is 6.47 Å². The molecule has 0 aliphatic rings. The normalized spacial score (nSPS) is 8.87. The molecule has 1 rings (SSSR count). The fourth-order valence-electron chi connectivity index (χ4n) is 1.40. The van der Waals surface area contributed by atoms with Crippen LogP contribution < -0.4 is 0 Å². The molecule has 0 spiro atoms. The highest BCUT2D eigenvalue weighted by Gasteiger charge is 1.90. The van der Waals surface area contributed by atoms with Crippen molar-refractivity contribution in [3.8, 4) is 0 Å². The molecule has 84 valence electrons. The van der Waals surface area contributed by atoms with Gasteiger partial charge in [-0.2, -0.15) is 0 Å². The zero-order valence-corrected chi connectivity index (χ0v) is 9.36. The summed E-state index contributed by atoms with van der Waals surface area (Å²) in [6, 6.07) is 10.7. The summed E-state index contributed by atoms with van der Waals surface area (Å²) in [7, 11) is 0. The van der Waals surface area contributed by atoms with E-state index in [1.807, 2.05) is 0 Å². The van der Waals surface area contributed by atoms with Gasteiger partial charge in [0.15, 0.2) is 0 Å². The molecular formula is C13H20O2. The van der Waals surface area contributed by atoms with E-state index >= 15 is 0 Å². The summed E-state index contributed by atoms with van der Waals surface area (Å²) in [6.07, 6.45) is 6.69. The van der Waals surface area contributed by atoms with Gasteiger partial charge in [-0.15, -0.1) is 0 Å². The highest BCUT2D eigenvalue weighted by Crippen LogP contribution is 2.06. The Balaban J connectivity index is 0.000000583. The van der Waals surface area contributed by atoms with Gasteiger partial charge in [0, 0.05) is 0 Å². The van der Waals surface area contributed by atoms with Gasteiger partial charge in [-0.1, -0.05) is 56.5 Å². The number of carbonyl (C=O) groups is 1. The van der Waals surface area contributed by atoms with Crippen molar-refractivity contribution >= 4 is 6.47 Å². The molecular weight excluding hydrogens is 188 g/mol. The van der Waals surface area contributed by atoms with E-state index in [0.717, 1.165) is 0 Å². The molecule has 1 N–H and O–H groups in total. The lowest BCUT2D eigenvalue weighted by Gasteiger charge is -1.99. The third kappa shape index (κ3) is 9.01. The van der Waals surface area contributed by atoms with Crippen LogP contribution in [-0.2, 0) is 11.2 Å². The lowest BCUT2D eigenvalue weighted by Crippen LogP contribution is -1.84. The molecule has 0 aromatic heterocycles. The molecule has 0 heterocycles. The van der Waals surface area contributed by atoms with Crippen molar-refractivity contribution in [3.05, 3.63) is 35.9 Å². The molecule has 0 aliphatic carbocycles. The maximum absolute atomic E-state index is 8.36. The van der Waals surface area contributed by atoms with Crippen LogP contribution >= 0.6 is 0 Å². The summed E-state index contributed by atoms with van der Waals surface area (Å²) in [6.45, 7) is 2.00. The quantitative estimate of drug-likeness (QED) is 0.594. The smallest absolute Gasteiger partial charge is 0.290 e. The largest absolute Gasteiger partial charge is 0.483 e. The van der Waals surface area contributed by atoms with E-state index in [9.17, 15) is 0 Å². The van der Waals surface area contributed by atoms with Crippen LogP contribution in [0.25, 0.3) is 0 Å². The SMILES string of the molecule is CCCCCCc1ccccc1.O=CO. The van der Waals surface area contributed by atoms with Gasteiger partial charge in [-0.3, -0.25) is 4.79 Å². The Hall–Kier alpha value is -1.31. The van der Waals surface area contributed by atoms with Gasteiger partial charge >= 0.3 is 0 Å². The van der Waals surface area contributed by atoms with Crippen molar-refractivity contribution in [1.82, 2.24) is 0 Å². The van der Waals surface area contributed by atoms with Gasteiger partial charge < -0.3 is 5.11 Å². The fourth-order valence-corrected chi connectivity index (χ4v) is 1.40. The molecule has 0 fully saturated rings. The number of unbranched alkanes of at least 4 members (excludes halogenated alkanes) is 3. The first-order valence-electron chi connectivity index (χ1n) is 5.47. The van der Waals surface area contributed by atoms with Gasteiger partial charge in [-0.05, 0) is 18.4 Å². The Morgan fingerprint density at radius 3 is 2.27 bits per heavy atom. The summed E-state index contributed by atoms with van der Waals surface area (Å²) < 4.78 is 0. The first-order valence-corrected chi connectivity index (χ1v) is 5.47. The minimum absolute atomic E-state index is 0.250. The Morgan fingerprint density at radius 1 is 1.13 bits per heavy atom. The van der Waals surface area contributed by atoms with E-state index in [1.54, 1.807) is 0 Å². The number of rotatable bonds is 5. The maximum atomic E-state index is 8.36. The van der Waals surface area contributed by atoms with E-state index in [1.165, 1.54) is 37.7 Å². The van der Waals surface area contributed by atoms with E-state index in [2.05, 4.69) is 37.3 Å². The lowest BCUT2D eigenvalue weighted by atomic mass is 10.1. The van der Waals surface area contributed by atoms with Crippen molar-refractivity contribution in [2.75, 3.05) is 0 Å². The van der Waals surface area contributed by atoms with Crippen molar-refractivity contribution < 1.29 is 9.90 Å². The number of hydrogen-bond acceptors (Lipinski definition) is 1. The molecule has 1 aromatic carbocycles. The highest BCUT2D eigenvalue weighted by molar-refractivity contribution is 5.32. The Morgan fingerprint density at radius 2 is 1.73 bits per heavy atom. The van der Waals surface area contributed by atoms with Crippen LogP contribution in [0.1, 0.15) is 38.2 Å². The topological polar surface area (TPSA) is 37.3 Å². The zero-order chi connectivity index (χ0) is 11.4. The van der Waals surface area contributed by atoms with Crippen LogP contribution in [0.4, 0.5) is 0 Å². The minimum atomic E-state index is -0.250. The predicted octanol–water partition coefficient (Wildman–Crippen LogP) is 3.51. The van der Waals surface area contributed by atoms with Gasteiger partial charge in [0.2, 0.25) is 0 Å². The van der Waals surface area contributed by atoms with Crippen LogP contribution in [0.2, 0.25) is 0 Å². The predicted molar refractivity (Wildman–Crippen MR) is 63.0 cm³/mol. The average Bonchev–Trinajstić information content (AvgIpc) is 2.27. The molecule has 0 unspecified atom stereocenters. The van der Waals surface area contributed by atoms with Gasteiger partial charge in [0.05, 0.1) is 0 Å². The van der Waals surface area contributed by atoms with Crippen molar-refractivity contribution in [2.45, 2.75) is 39.0 Å². The molecule has 2 nitrogen and oxygen atoms in total. The second kappa shape index (κ2) is 10.8. The van der Waals surface area contributed by atoms with Crippen molar-refractivity contribution in [3.63, 3.8) is 0 Å². The molecule has 0 saturated carbocycles. The molecule has 0 saturated heterocycles. The summed E-state index contributed by atoms with van der Waals surface area (Å²) in [5.74, 6) is 0.